The van der Waals surface area contributed by atoms with Crippen LogP contribution in [0.2, 0.25) is 0 Å². The molecule has 0 saturated heterocycles. The molecular weight excluding hydrogens is 242 g/mol. The summed E-state index contributed by atoms with van der Waals surface area (Å²) in [6.07, 6.45) is 1.79. The van der Waals surface area contributed by atoms with Crippen molar-refractivity contribution in [3.63, 3.8) is 0 Å². The first-order chi connectivity index (χ1) is 7.83. The minimum atomic E-state index is -3.42. The number of hydrogen-bond acceptors (Lipinski definition) is 4. The number of nitrogens with one attached hydrogen (secondary N) is 2. The fourth-order valence-electron chi connectivity index (χ4n) is 1.29. The predicted octanol–water partition coefficient (Wildman–Crippen LogP) is -0.178. The maximum absolute atomic E-state index is 11.5. The molecule has 6 nitrogen and oxygen atoms in total. The summed E-state index contributed by atoms with van der Waals surface area (Å²) in [5, 5.41) is 0. The molecule has 0 aliphatic carbocycles. The van der Waals surface area contributed by atoms with Crippen LogP contribution in [0.1, 0.15) is 26.7 Å². The fourth-order valence-corrected chi connectivity index (χ4v) is 2.32. The Morgan fingerprint density at radius 3 is 2.47 bits per heavy atom. The van der Waals surface area contributed by atoms with Crippen molar-refractivity contribution >= 4 is 10.2 Å². The first-order valence-corrected chi connectivity index (χ1v) is 7.24. The van der Waals surface area contributed by atoms with Crippen LogP contribution in [0.5, 0.6) is 0 Å². The van der Waals surface area contributed by atoms with Gasteiger partial charge in [-0.3, -0.25) is 0 Å². The lowest BCUT2D eigenvalue weighted by Crippen LogP contribution is -2.42. The lowest BCUT2D eigenvalue weighted by Gasteiger charge is -2.24. The van der Waals surface area contributed by atoms with Gasteiger partial charge in [0.2, 0.25) is 0 Å². The number of methoxy groups -OCH3 is 1. The second kappa shape index (κ2) is 7.99. The van der Waals surface area contributed by atoms with Crippen LogP contribution in [0.15, 0.2) is 0 Å². The van der Waals surface area contributed by atoms with Gasteiger partial charge in [-0.05, 0) is 24.8 Å². The Morgan fingerprint density at radius 2 is 1.94 bits per heavy atom. The number of hydrogen-bond donors (Lipinski definition) is 3. The highest BCUT2D eigenvalue weighted by molar-refractivity contribution is 7.87. The van der Waals surface area contributed by atoms with Crippen molar-refractivity contribution in [2.24, 2.45) is 11.1 Å². The first-order valence-electron chi connectivity index (χ1n) is 5.76. The third-order valence-electron chi connectivity index (χ3n) is 2.40. The van der Waals surface area contributed by atoms with E-state index in [-0.39, 0.29) is 12.0 Å². The van der Waals surface area contributed by atoms with Crippen molar-refractivity contribution in [3.8, 4) is 0 Å². The highest BCUT2D eigenvalue weighted by Gasteiger charge is 2.20. The Bertz CT molecular complexity index is 291. The molecule has 0 bridgehead atoms. The van der Waals surface area contributed by atoms with Gasteiger partial charge >= 0.3 is 0 Å². The Hall–Kier alpha value is -0.210. The van der Waals surface area contributed by atoms with Crippen LogP contribution in [0, 0.1) is 5.41 Å². The van der Waals surface area contributed by atoms with Crippen molar-refractivity contribution in [2.75, 3.05) is 33.4 Å². The second-order valence-corrected chi connectivity index (χ2v) is 6.35. The maximum atomic E-state index is 11.5. The van der Waals surface area contributed by atoms with Crippen LogP contribution in [0.3, 0.4) is 0 Å². The quantitative estimate of drug-likeness (QED) is 0.479. The standard InChI is InChI=1S/C10H25N3O3S/c1-10(2,5-4-6-11)9-13-17(14,15)12-7-8-16-3/h12-13H,4-9,11H2,1-3H3. The van der Waals surface area contributed by atoms with Crippen molar-refractivity contribution in [1.82, 2.24) is 9.44 Å². The maximum Gasteiger partial charge on any atom is 0.277 e. The molecule has 0 rings (SSSR count). The van der Waals surface area contributed by atoms with Gasteiger partial charge in [-0.2, -0.15) is 13.1 Å². The van der Waals surface area contributed by atoms with Crippen molar-refractivity contribution < 1.29 is 13.2 Å². The molecule has 0 atom stereocenters. The zero-order valence-corrected chi connectivity index (χ0v) is 11.8. The zero-order chi connectivity index (χ0) is 13.4. The molecule has 4 N–H and O–H groups in total. The van der Waals surface area contributed by atoms with E-state index < -0.39 is 10.2 Å². The first kappa shape index (κ1) is 16.8. The van der Waals surface area contributed by atoms with Crippen molar-refractivity contribution in [1.29, 1.82) is 0 Å². The van der Waals surface area contributed by atoms with E-state index in [0.29, 0.717) is 19.7 Å². The summed E-state index contributed by atoms with van der Waals surface area (Å²) in [5.41, 5.74) is 5.35. The topological polar surface area (TPSA) is 93.4 Å². The number of rotatable bonds is 10. The molecule has 0 radical (unpaired) electrons. The molecule has 0 aromatic carbocycles. The molecule has 0 aromatic rings. The Morgan fingerprint density at radius 1 is 1.29 bits per heavy atom. The van der Waals surface area contributed by atoms with Gasteiger partial charge in [-0.1, -0.05) is 13.8 Å². The fraction of sp³-hybridized carbons (Fsp3) is 1.00. The number of ether oxygens (including phenoxy) is 1. The second-order valence-electron chi connectivity index (χ2n) is 4.77. The minimum absolute atomic E-state index is 0.0879. The average Bonchev–Trinajstić information content (AvgIpc) is 2.25. The summed E-state index contributed by atoms with van der Waals surface area (Å²) in [6, 6.07) is 0. The largest absolute Gasteiger partial charge is 0.383 e. The molecule has 0 amide bonds. The molecule has 0 heterocycles. The van der Waals surface area contributed by atoms with Gasteiger partial charge in [-0.15, -0.1) is 0 Å². The van der Waals surface area contributed by atoms with Crippen LogP contribution in [0.4, 0.5) is 0 Å². The lowest BCUT2D eigenvalue weighted by atomic mass is 9.88. The van der Waals surface area contributed by atoms with Crippen LogP contribution < -0.4 is 15.2 Å². The molecule has 104 valence electrons. The van der Waals surface area contributed by atoms with E-state index >= 15 is 0 Å². The third kappa shape index (κ3) is 9.49. The Balaban J connectivity index is 3.99. The van der Waals surface area contributed by atoms with E-state index in [9.17, 15) is 8.42 Å². The lowest BCUT2D eigenvalue weighted by molar-refractivity contribution is 0.204. The average molecular weight is 267 g/mol. The molecule has 0 aromatic heterocycles. The van der Waals surface area contributed by atoms with Crippen LogP contribution in [-0.4, -0.2) is 41.8 Å². The summed E-state index contributed by atoms with van der Waals surface area (Å²) in [7, 11) is -1.90. The molecule has 0 saturated carbocycles. The van der Waals surface area contributed by atoms with E-state index in [1.807, 2.05) is 13.8 Å². The Labute approximate surface area is 104 Å². The van der Waals surface area contributed by atoms with Gasteiger partial charge in [0, 0.05) is 20.2 Å². The SMILES string of the molecule is COCCNS(=O)(=O)NCC(C)(C)CCCN. The molecule has 0 spiro atoms. The normalized spacial score (nSPS) is 12.9. The molecule has 0 fully saturated rings. The minimum Gasteiger partial charge on any atom is -0.383 e. The van der Waals surface area contributed by atoms with Crippen LogP contribution >= 0.6 is 0 Å². The van der Waals surface area contributed by atoms with Gasteiger partial charge in [0.1, 0.15) is 0 Å². The highest BCUT2D eigenvalue weighted by Crippen LogP contribution is 2.20. The molecule has 0 aliphatic rings. The van der Waals surface area contributed by atoms with E-state index in [1.54, 1.807) is 0 Å². The van der Waals surface area contributed by atoms with Gasteiger partial charge < -0.3 is 10.5 Å². The van der Waals surface area contributed by atoms with E-state index in [1.165, 1.54) is 7.11 Å². The zero-order valence-electron chi connectivity index (χ0n) is 11.0. The summed E-state index contributed by atoms with van der Waals surface area (Å²) in [6.45, 7) is 5.69. The third-order valence-corrected chi connectivity index (χ3v) is 3.51. The van der Waals surface area contributed by atoms with E-state index in [0.717, 1.165) is 12.8 Å². The molecule has 0 aliphatic heterocycles. The molecule has 7 heteroatoms. The van der Waals surface area contributed by atoms with Gasteiger partial charge in [0.05, 0.1) is 6.61 Å². The molecule has 0 unspecified atom stereocenters. The highest BCUT2D eigenvalue weighted by atomic mass is 32.2. The van der Waals surface area contributed by atoms with Crippen molar-refractivity contribution in [2.45, 2.75) is 26.7 Å². The van der Waals surface area contributed by atoms with Gasteiger partial charge in [0.25, 0.3) is 10.2 Å². The summed E-state index contributed by atoms with van der Waals surface area (Å²) in [4.78, 5) is 0. The van der Waals surface area contributed by atoms with E-state index in [2.05, 4.69) is 9.44 Å². The van der Waals surface area contributed by atoms with Gasteiger partial charge in [0.15, 0.2) is 0 Å². The van der Waals surface area contributed by atoms with Crippen LogP contribution in [-0.2, 0) is 14.9 Å². The smallest absolute Gasteiger partial charge is 0.277 e. The van der Waals surface area contributed by atoms with Crippen molar-refractivity contribution in [3.05, 3.63) is 0 Å². The van der Waals surface area contributed by atoms with Gasteiger partial charge in [-0.25, -0.2) is 4.72 Å². The summed E-state index contributed by atoms with van der Waals surface area (Å²) in [5.74, 6) is 0. The molecular formula is C10H25N3O3S. The van der Waals surface area contributed by atoms with E-state index in [4.69, 9.17) is 10.5 Å². The molecule has 17 heavy (non-hydrogen) atoms. The number of nitrogens with two attached hydrogens (primary N) is 1. The monoisotopic (exact) mass is 267 g/mol. The predicted molar refractivity (Wildman–Crippen MR) is 68.9 cm³/mol. The summed E-state index contributed by atoms with van der Waals surface area (Å²) >= 11 is 0. The van der Waals surface area contributed by atoms with Crippen LogP contribution in [0.25, 0.3) is 0 Å². The Kier molecular flexibility index (Phi) is 7.89. The summed E-state index contributed by atoms with van der Waals surface area (Å²) < 4.78 is 32.7.